The van der Waals surface area contributed by atoms with Crippen molar-refractivity contribution in [2.24, 2.45) is 0 Å². The van der Waals surface area contributed by atoms with Crippen molar-refractivity contribution < 1.29 is 13.2 Å². The summed E-state index contributed by atoms with van der Waals surface area (Å²) >= 11 is 10.7. The molecule has 1 rings (SSSR count). The molecular formula is C12H14ClF3N2S. The van der Waals surface area contributed by atoms with Crippen LogP contribution in [0.4, 0.5) is 18.9 Å². The Hall–Kier alpha value is -1.01. The average Bonchev–Trinajstić information content (AvgIpc) is 2.30. The first-order valence-corrected chi connectivity index (χ1v) is 6.55. The zero-order valence-electron chi connectivity index (χ0n) is 10.3. The molecule has 0 aliphatic rings. The molecule has 19 heavy (non-hydrogen) atoms. The van der Waals surface area contributed by atoms with E-state index in [0.717, 1.165) is 18.9 Å². The number of benzene rings is 1. The van der Waals surface area contributed by atoms with Gasteiger partial charge in [0.05, 0.1) is 16.3 Å². The number of halogens is 4. The maximum atomic E-state index is 12.8. The highest BCUT2D eigenvalue weighted by Gasteiger charge is 2.34. The summed E-state index contributed by atoms with van der Waals surface area (Å²) in [5, 5.41) is 5.46. The minimum atomic E-state index is -4.48. The Morgan fingerprint density at radius 3 is 2.63 bits per heavy atom. The predicted molar refractivity (Wildman–Crippen MR) is 75.6 cm³/mol. The zero-order chi connectivity index (χ0) is 14.5. The van der Waals surface area contributed by atoms with Gasteiger partial charge in [0, 0.05) is 6.54 Å². The van der Waals surface area contributed by atoms with Crippen LogP contribution in [0.3, 0.4) is 0 Å². The molecule has 2 N–H and O–H groups in total. The second kappa shape index (κ2) is 6.96. The lowest BCUT2D eigenvalue weighted by atomic mass is 10.1. The van der Waals surface area contributed by atoms with Gasteiger partial charge in [-0.25, -0.2) is 0 Å². The SMILES string of the molecule is CCCCNC(=S)Nc1c(Cl)cccc1C(F)(F)F. The zero-order valence-corrected chi connectivity index (χ0v) is 11.8. The monoisotopic (exact) mass is 310 g/mol. The Morgan fingerprint density at radius 1 is 1.37 bits per heavy atom. The van der Waals surface area contributed by atoms with Gasteiger partial charge in [0.15, 0.2) is 5.11 Å². The molecule has 0 aromatic heterocycles. The Kier molecular flexibility index (Phi) is 5.87. The van der Waals surface area contributed by atoms with E-state index in [-0.39, 0.29) is 15.8 Å². The molecule has 0 atom stereocenters. The van der Waals surface area contributed by atoms with Crippen LogP contribution in [0.1, 0.15) is 25.3 Å². The fourth-order valence-electron chi connectivity index (χ4n) is 1.42. The maximum Gasteiger partial charge on any atom is 0.418 e. The molecule has 0 aliphatic heterocycles. The van der Waals surface area contributed by atoms with Crippen molar-refractivity contribution in [2.75, 3.05) is 11.9 Å². The number of hydrogen-bond acceptors (Lipinski definition) is 1. The maximum absolute atomic E-state index is 12.8. The molecule has 0 heterocycles. The van der Waals surface area contributed by atoms with E-state index < -0.39 is 11.7 Å². The highest BCUT2D eigenvalue weighted by molar-refractivity contribution is 7.80. The molecule has 0 amide bonds. The van der Waals surface area contributed by atoms with Gasteiger partial charge in [-0.2, -0.15) is 13.2 Å². The van der Waals surface area contributed by atoms with Gasteiger partial charge in [-0.1, -0.05) is 31.0 Å². The van der Waals surface area contributed by atoms with Crippen molar-refractivity contribution in [1.82, 2.24) is 5.32 Å². The Balaban J connectivity index is 2.85. The summed E-state index contributed by atoms with van der Waals surface area (Å²) in [6.45, 7) is 2.61. The summed E-state index contributed by atoms with van der Waals surface area (Å²) in [6.07, 6.45) is -2.63. The Morgan fingerprint density at radius 2 is 2.05 bits per heavy atom. The van der Waals surface area contributed by atoms with Gasteiger partial charge in [0.25, 0.3) is 0 Å². The van der Waals surface area contributed by atoms with Crippen LogP contribution in [0.15, 0.2) is 18.2 Å². The molecule has 0 saturated carbocycles. The van der Waals surface area contributed by atoms with Gasteiger partial charge in [-0.05, 0) is 30.8 Å². The van der Waals surface area contributed by atoms with Crippen LogP contribution in [0.5, 0.6) is 0 Å². The summed E-state index contributed by atoms with van der Waals surface area (Å²) in [5.74, 6) is 0. The van der Waals surface area contributed by atoms with Crippen LogP contribution in [0.2, 0.25) is 5.02 Å². The van der Waals surface area contributed by atoms with Crippen molar-refractivity contribution in [1.29, 1.82) is 0 Å². The molecule has 0 aliphatic carbocycles. The lowest BCUT2D eigenvalue weighted by Gasteiger charge is -2.17. The number of unbranched alkanes of at least 4 members (excludes halogenated alkanes) is 1. The van der Waals surface area contributed by atoms with E-state index in [1.165, 1.54) is 12.1 Å². The minimum absolute atomic E-state index is 0.0190. The minimum Gasteiger partial charge on any atom is -0.362 e. The fourth-order valence-corrected chi connectivity index (χ4v) is 1.85. The summed E-state index contributed by atoms with van der Waals surface area (Å²) in [5.41, 5.74) is -1.05. The number of alkyl halides is 3. The molecule has 0 spiro atoms. The molecule has 0 unspecified atom stereocenters. The van der Waals surface area contributed by atoms with Crippen LogP contribution in [-0.2, 0) is 6.18 Å². The number of rotatable bonds is 4. The van der Waals surface area contributed by atoms with Gasteiger partial charge >= 0.3 is 6.18 Å². The molecule has 0 saturated heterocycles. The van der Waals surface area contributed by atoms with Crippen molar-refractivity contribution in [3.05, 3.63) is 28.8 Å². The fraction of sp³-hybridized carbons (Fsp3) is 0.417. The number of anilines is 1. The van der Waals surface area contributed by atoms with Gasteiger partial charge < -0.3 is 10.6 Å². The summed E-state index contributed by atoms with van der Waals surface area (Å²) in [6, 6.07) is 3.60. The van der Waals surface area contributed by atoms with Gasteiger partial charge in [-0.15, -0.1) is 0 Å². The summed E-state index contributed by atoms with van der Waals surface area (Å²) < 4.78 is 38.5. The first-order valence-electron chi connectivity index (χ1n) is 5.76. The van der Waals surface area contributed by atoms with E-state index in [9.17, 15) is 13.2 Å². The van der Waals surface area contributed by atoms with Crippen molar-refractivity contribution in [3.63, 3.8) is 0 Å². The van der Waals surface area contributed by atoms with E-state index >= 15 is 0 Å². The van der Waals surface area contributed by atoms with E-state index in [0.29, 0.717) is 6.54 Å². The van der Waals surface area contributed by atoms with Crippen LogP contribution in [0, 0.1) is 0 Å². The van der Waals surface area contributed by atoms with Gasteiger partial charge in [0.1, 0.15) is 0 Å². The smallest absolute Gasteiger partial charge is 0.362 e. The normalized spacial score (nSPS) is 11.2. The Labute approximate surface area is 120 Å². The molecule has 0 fully saturated rings. The van der Waals surface area contributed by atoms with Gasteiger partial charge in [0.2, 0.25) is 0 Å². The van der Waals surface area contributed by atoms with Crippen molar-refractivity contribution >= 4 is 34.6 Å². The predicted octanol–water partition coefficient (Wildman–Crippen LogP) is 4.45. The molecule has 7 heteroatoms. The molecule has 0 bridgehead atoms. The second-order valence-electron chi connectivity index (χ2n) is 3.89. The highest BCUT2D eigenvalue weighted by atomic mass is 35.5. The van der Waals surface area contributed by atoms with E-state index in [4.69, 9.17) is 23.8 Å². The standard InChI is InChI=1S/C12H14ClF3N2S/c1-2-3-7-17-11(19)18-10-8(12(14,15)16)5-4-6-9(10)13/h4-6H,2-3,7H2,1H3,(H2,17,18,19). The average molecular weight is 311 g/mol. The lowest BCUT2D eigenvalue weighted by Crippen LogP contribution is -2.30. The lowest BCUT2D eigenvalue weighted by molar-refractivity contribution is -0.136. The van der Waals surface area contributed by atoms with Crippen LogP contribution >= 0.6 is 23.8 Å². The van der Waals surface area contributed by atoms with Crippen molar-refractivity contribution in [2.45, 2.75) is 25.9 Å². The number of nitrogens with one attached hydrogen (secondary N) is 2. The van der Waals surface area contributed by atoms with Crippen molar-refractivity contribution in [3.8, 4) is 0 Å². The third-order valence-corrected chi connectivity index (χ3v) is 2.93. The third kappa shape index (κ3) is 4.87. The Bertz CT molecular complexity index is 449. The first kappa shape index (κ1) is 16.0. The molecule has 0 radical (unpaired) electrons. The quantitative estimate of drug-likeness (QED) is 0.635. The first-order chi connectivity index (χ1) is 8.86. The van der Waals surface area contributed by atoms with E-state index in [1.807, 2.05) is 6.92 Å². The van der Waals surface area contributed by atoms with Crippen LogP contribution < -0.4 is 10.6 Å². The van der Waals surface area contributed by atoms with Gasteiger partial charge in [-0.3, -0.25) is 0 Å². The largest absolute Gasteiger partial charge is 0.418 e. The topological polar surface area (TPSA) is 24.1 Å². The highest BCUT2D eigenvalue weighted by Crippen LogP contribution is 2.38. The molecule has 1 aromatic carbocycles. The van der Waals surface area contributed by atoms with Crippen LogP contribution in [-0.4, -0.2) is 11.7 Å². The molecule has 1 aromatic rings. The molecule has 2 nitrogen and oxygen atoms in total. The second-order valence-corrected chi connectivity index (χ2v) is 4.71. The van der Waals surface area contributed by atoms with Crippen LogP contribution in [0.25, 0.3) is 0 Å². The number of para-hydroxylation sites is 1. The summed E-state index contributed by atoms with van der Waals surface area (Å²) in [7, 11) is 0. The summed E-state index contributed by atoms with van der Waals surface area (Å²) in [4.78, 5) is 0. The molecule has 106 valence electrons. The van der Waals surface area contributed by atoms with E-state index in [2.05, 4.69) is 10.6 Å². The number of thiocarbonyl (C=S) groups is 1. The molecular weight excluding hydrogens is 297 g/mol. The van der Waals surface area contributed by atoms with E-state index in [1.54, 1.807) is 0 Å². The third-order valence-electron chi connectivity index (χ3n) is 2.37. The number of hydrogen-bond donors (Lipinski definition) is 2.